The molecular formula is C52H34. The fourth-order valence-electron chi connectivity index (χ4n) is 8.27. The van der Waals surface area contributed by atoms with Gasteiger partial charge in [0.25, 0.3) is 0 Å². The van der Waals surface area contributed by atoms with Crippen molar-refractivity contribution in [1.29, 1.82) is 0 Å². The Labute approximate surface area is 303 Å². The number of hydrogen-bond donors (Lipinski definition) is 0. The van der Waals surface area contributed by atoms with Crippen LogP contribution >= 0.6 is 0 Å². The highest BCUT2D eigenvalue weighted by Gasteiger charge is 2.21. The lowest BCUT2D eigenvalue weighted by Crippen LogP contribution is -1.94. The van der Waals surface area contributed by atoms with Gasteiger partial charge >= 0.3 is 0 Å². The quantitative estimate of drug-likeness (QED) is 0.161. The summed E-state index contributed by atoms with van der Waals surface area (Å²) >= 11 is 0. The van der Waals surface area contributed by atoms with Crippen LogP contribution in [-0.2, 0) is 0 Å². The Bertz CT molecular complexity index is 2900. The maximum absolute atomic E-state index is 2.33. The van der Waals surface area contributed by atoms with Crippen LogP contribution in [0.25, 0.3) is 98.7 Å². The summed E-state index contributed by atoms with van der Waals surface area (Å²) in [6, 6.07) is 75.5. The molecule has 0 saturated heterocycles. The van der Waals surface area contributed by atoms with Gasteiger partial charge in [-0.15, -0.1) is 0 Å². The second-order valence-electron chi connectivity index (χ2n) is 13.6. The molecule has 0 aliphatic rings. The van der Waals surface area contributed by atoms with E-state index in [1.165, 1.54) is 98.7 Å². The minimum absolute atomic E-state index is 1.21. The Kier molecular flexibility index (Phi) is 7.25. The minimum Gasteiger partial charge on any atom is -0.0622 e. The van der Waals surface area contributed by atoms with Crippen molar-refractivity contribution in [3.8, 4) is 55.6 Å². The third-order valence-corrected chi connectivity index (χ3v) is 10.7. The largest absolute Gasteiger partial charge is 0.0622 e. The molecule has 0 aliphatic heterocycles. The van der Waals surface area contributed by atoms with E-state index < -0.39 is 0 Å². The molecule has 10 rings (SSSR count). The molecule has 0 atom stereocenters. The van der Waals surface area contributed by atoms with Gasteiger partial charge in [0.15, 0.2) is 0 Å². The fraction of sp³-hybridized carbons (Fsp3) is 0. The predicted octanol–water partition coefficient (Wildman–Crippen LogP) is 14.6. The molecule has 0 nitrogen and oxygen atoms in total. The smallest absolute Gasteiger partial charge is 0.00141 e. The first-order valence-electron chi connectivity index (χ1n) is 18.0. The summed E-state index contributed by atoms with van der Waals surface area (Å²) in [5.74, 6) is 0. The molecule has 0 N–H and O–H groups in total. The molecule has 242 valence electrons. The Balaban J connectivity index is 1.26. The van der Waals surface area contributed by atoms with Crippen LogP contribution in [0.15, 0.2) is 206 Å². The molecule has 0 aromatic heterocycles. The van der Waals surface area contributed by atoms with E-state index in [1.807, 2.05) is 0 Å². The van der Waals surface area contributed by atoms with Crippen LogP contribution in [0.3, 0.4) is 0 Å². The van der Waals surface area contributed by atoms with E-state index in [9.17, 15) is 0 Å². The number of hydrogen-bond acceptors (Lipinski definition) is 0. The van der Waals surface area contributed by atoms with Gasteiger partial charge in [-0.3, -0.25) is 0 Å². The maximum atomic E-state index is 2.33. The summed E-state index contributed by atoms with van der Waals surface area (Å²) in [6.07, 6.45) is 0. The molecule has 52 heavy (non-hydrogen) atoms. The SMILES string of the molecule is c1ccc(-c2ccc(-c3cccc4c(-c5cccc6ccccc56)c5ccccc5c(-c5ccc(-c6cccc7ccccc67)cc5)c34)cc2)cc1. The molecule has 0 saturated carbocycles. The van der Waals surface area contributed by atoms with Crippen molar-refractivity contribution in [2.45, 2.75) is 0 Å². The molecule has 0 heteroatoms. The van der Waals surface area contributed by atoms with Gasteiger partial charge in [-0.2, -0.15) is 0 Å². The van der Waals surface area contributed by atoms with E-state index in [-0.39, 0.29) is 0 Å². The highest BCUT2D eigenvalue weighted by Crippen LogP contribution is 2.48. The van der Waals surface area contributed by atoms with Crippen molar-refractivity contribution >= 4 is 43.1 Å². The Morgan fingerprint density at radius 3 is 1.27 bits per heavy atom. The summed E-state index contributed by atoms with van der Waals surface area (Å²) < 4.78 is 0. The van der Waals surface area contributed by atoms with Crippen LogP contribution in [0.4, 0.5) is 0 Å². The summed E-state index contributed by atoms with van der Waals surface area (Å²) in [6.45, 7) is 0. The highest BCUT2D eigenvalue weighted by atomic mass is 14.2. The zero-order valence-corrected chi connectivity index (χ0v) is 28.6. The zero-order chi connectivity index (χ0) is 34.4. The Morgan fingerprint density at radius 2 is 0.596 bits per heavy atom. The molecule has 0 radical (unpaired) electrons. The lowest BCUT2D eigenvalue weighted by atomic mass is 9.82. The maximum Gasteiger partial charge on any atom is -0.00141 e. The lowest BCUT2D eigenvalue weighted by Gasteiger charge is -2.21. The molecular weight excluding hydrogens is 625 g/mol. The van der Waals surface area contributed by atoms with Gasteiger partial charge < -0.3 is 0 Å². The molecule has 10 aromatic carbocycles. The topological polar surface area (TPSA) is 0 Å². The van der Waals surface area contributed by atoms with E-state index in [0.717, 1.165) is 0 Å². The van der Waals surface area contributed by atoms with Gasteiger partial charge in [0.1, 0.15) is 0 Å². The number of rotatable bonds is 5. The average molecular weight is 659 g/mol. The summed E-state index contributed by atoms with van der Waals surface area (Å²) in [5, 5.41) is 10.1. The zero-order valence-electron chi connectivity index (χ0n) is 28.6. The third-order valence-electron chi connectivity index (χ3n) is 10.7. The summed E-state index contributed by atoms with van der Waals surface area (Å²) in [5.41, 5.74) is 12.4. The number of fused-ring (bicyclic) bond motifs is 4. The van der Waals surface area contributed by atoms with Gasteiger partial charge in [0.2, 0.25) is 0 Å². The van der Waals surface area contributed by atoms with Gasteiger partial charge in [-0.25, -0.2) is 0 Å². The van der Waals surface area contributed by atoms with E-state index in [1.54, 1.807) is 0 Å². The molecule has 0 bridgehead atoms. The van der Waals surface area contributed by atoms with Crippen LogP contribution in [0.2, 0.25) is 0 Å². The van der Waals surface area contributed by atoms with Gasteiger partial charge in [-0.1, -0.05) is 206 Å². The Hall–Kier alpha value is -6.76. The minimum atomic E-state index is 1.21. The van der Waals surface area contributed by atoms with Crippen molar-refractivity contribution in [2.24, 2.45) is 0 Å². The molecule has 0 aliphatic carbocycles. The van der Waals surface area contributed by atoms with E-state index in [2.05, 4.69) is 206 Å². The first kappa shape index (κ1) is 30.1. The summed E-state index contributed by atoms with van der Waals surface area (Å²) in [4.78, 5) is 0. The van der Waals surface area contributed by atoms with Crippen LogP contribution in [0.5, 0.6) is 0 Å². The van der Waals surface area contributed by atoms with Crippen molar-refractivity contribution in [1.82, 2.24) is 0 Å². The van der Waals surface area contributed by atoms with E-state index in [4.69, 9.17) is 0 Å². The van der Waals surface area contributed by atoms with Gasteiger partial charge in [0, 0.05) is 0 Å². The highest BCUT2D eigenvalue weighted by molar-refractivity contribution is 6.26. The molecule has 0 spiro atoms. The molecule has 10 aromatic rings. The first-order valence-corrected chi connectivity index (χ1v) is 18.0. The van der Waals surface area contributed by atoms with Crippen LogP contribution in [-0.4, -0.2) is 0 Å². The summed E-state index contributed by atoms with van der Waals surface area (Å²) in [7, 11) is 0. The third kappa shape index (κ3) is 5.00. The molecule has 0 unspecified atom stereocenters. The monoisotopic (exact) mass is 658 g/mol. The van der Waals surface area contributed by atoms with E-state index >= 15 is 0 Å². The second-order valence-corrected chi connectivity index (χ2v) is 13.6. The van der Waals surface area contributed by atoms with Gasteiger partial charge in [0.05, 0.1) is 0 Å². The number of benzene rings is 10. The standard InChI is InChI=1S/C52H34/c1-2-13-35(14-3-1)36-27-29-40(30-28-36)45-24-12-26-49-51(46-25-11-18-38-16-5-7-20-44(38)46)48-22-9-8-21-47(48)50(52(45)49)41-33-31-39(32-34-41)43-23-10-17-37-15-4-6-19-42(37)43/h1-34H. The predicted molar refractivity (Wildman–Crippen MR) is 224 cm³/mol. The lowest BCUT2D eigenvalue weighted by molar-refractivity contribution is 1.60. The molecule has 0 amide bonds. The Morgan fingerprint density at radius 1 is 0.192 bits per heavy atom. The van der Waals surface area contributed by atoms with Gasteiger partial charge in [-0.05, 0) is 98.7 Å². The molecule has 0 fully saturated rings. The first-order chi connectivity index (χ1) is 25.8. The van der Waals surface area contributed by atoms with Crippen LogP contribution in [0, 0.1) is 0 Å². The average Bonchev–Trinajstić information content (AvgIpc) is 3.23. The van der Waals surface area contributed by atoms with Crippen molar-refractivity contribution < 1.29 is 0 Å². The van der Waals surface area contributed by atoms with E-state index in [0.29, 0.717) is 0 Å². The van der Waals surface area contributed by atoms with Crippen molar-refractivity contribution in [3.05, 3.63) is 206 Å². The fourth-order valence-corrected chi connectivity index (χ4v) is 8.27. The van der Waals surface area contributed by atoms with Crippen LogP contribution < -0.4 is 0 Å². The normalized spacial score (nSPS) is 11.5. The van der Waals surface area contributed by atoms with Crippen molar-refractivity contribution in [2.75, 3.05) is 0 Å². The van der Waals surface area contributed by atoms with Crippen LogP contribution in [0.1, 0.15) is 0 Å². The van der Waals surface area contributed by atoms with Crippen molar-refractivity contribution in [3.63, 3.8) is 0 Å². The molecule has 0 heterocycles. The second kappa shape index (κ2) is 12.5.